The number of aliphatic imine (C=N–C) groups is 1. The van der Waals surface area contributed by atoms with E-state index in [-0.39, 0.29) is 5.82 Å². The van der Waals surface area contributed by atoms with Crippen molar-refractivity contribution >= 4 is 28.2 Å². The van der Waals surface area contributed by atoms with Crippen LogP contribution in [0, 0.1) is 5.82 Å². The minimum atomic E-state index is -0.362. The first-order chi connectivity index (χ1) is 8.16. The fourth-order valence-electron chi connectivity index (χ4n) is 2.00. The van der Waals surface area contributed by atoms with Gasteiger partial charge in [-0.25, -0.2) is 4.39 Å². The minimum absolute atomic E-state index is 0.362. The van der Waals surface area contributed by atoms with E-state index in [4.69, 9.17) is 11.6 Å². The summed E-state index contributed by atoms with van der Waals surface area (Å²) in [7, 11) is 1.76. The Kier molecular flexibility index (Phi) is 2.26. The third-order valence-corrected chi connectivity index (χ3v) is 2.97. The van der Waals surface area contributed by atoms with Crippen LogP contribution in [0.15, 0.2) is 29.3 Å². The molecule has 0 N–H and O–H groups in total. The lowest BCUT2D eigenvalue weighted by molar-refractivity contribution is 0.640. The Labute approximate surface area is 102 Å². The third-order valence-electron chi connectivity index (χ3n) is 2.76. The van der Waals surface area contributed by atoms with Crippen molar-refractivity contribution in [2.75, 3.05) is 6.54 Å². The standard InChI is InChI=1S/C12H9ClFN3/c1-17-10-6-7(13)5-8(14)11(10)12(16-17)9-3-2-4-15-9/h2-3,5-6H,4H2,1H3. The van der Waals surface area contributed by atoms with Gasteiger partial charge < -0.3 is 0 Å². The first-order valence-electron chi connectivity index (χ1n) is 5.20. The number of allylic oxidation sites excluding steroid dienone is 1. The molecular weight excluding hydrogens is 241 g/mol. The molecule has 1 aromatic carbocycles. The lowest BCUT2D eigenvalue weighted by Crippen LogP contribution is -1.98. The van der Waals surface area contributed by atoms with E-state index in [1.165, 1.54) is 6.07 Å². The maximum absolute atomic E-state index is 14.0. The topological polar surface area (TPSA) is 30.2 Å². The summed E-state index contributed by atoms with van der Waals surface area (Å²) in [4.78, 5) is 4.26. The molecule has 0 saturated heterocycles. The lowest BCUT2D eigenvalue weighted by Gasteiger charge is -1.97. The molecule has 1 aromatic heterocycles. The third kappa shape index (κ3) is 1.56. The minimum Gasteiger partial charge on any atom is -0.279 e. The molecule has 17 heavy (non-hydrogen) atoms. The number of aryl methyl sites for hydroxylation is 1. The van der Waals surface area contributed by atoms with E-state index < -0.39 is 0 Å². The van der Waals surface area contributed by atoms with Crippen LogP contribution in [0.3, 0.4) is 0 Å². The number of aromatic nitrogens is 2. The van der Waals surface area contributed by atoms with Crippen molar-refractivity contribution in [1.82, 2.24) is 9.78 Å². The van der Waals surface area contributed by atoms with Gasteiger partial charge in [-0.2, -0.15) is 5.10 Å². The highest BCUT2D eigenvalue weighted by molar-refractivity contribution is 6.31. The maximum atomic E-state index is 14.0. The predicted molar refractivity (Wildman–Crippen MR) is 66.2 cm³/mol. The van der Waals surface area contributed by atoms with Crippen LogP contribution < -0.4 is 0 Å². The fraction of sp³-hybridized carbons (Fsp3) is 0.167. The molecular formula is C12H9ClFN3. The first-order valence-corrected chi connectivity index (χ1v) is 5.58. The zero-order valence-electron chi connectivity index (χ0n) is 9.11. The number of fused-ring (bicyclic) bond motifs is 1. The lowest BCUT2D eigenvalue weighted by atomic mass is 10.1. The van der Waals surface area contributed by atoms with Crippen molar-refractivity contribution in [2.24, 2.45) is 12.0 Å². The van der Waals surface area contributed by atoms with E-state index in [1.807, 2.05) is 12.2 Å². The van der Waals surface area contributed by atoms with Gasteiger partial charge in [-0.15, -0.1) is 0 Å². The van der Waals surface area contributed by atoms with E-state index in [1.54, 1.807) is 17.8 Å². The van der Waals surface area contributed by atoms with Gasteiger partial charge in [0.05, 0.1) is 23.2 Å². The smallest absolute Gasteiger partial charge is 0.136 e. The Morgan fingerprint density at radius 2 is 2.24 bits per heavy atom. The van der Waals surface area contributed by atoms with Gasteiger partial charge in [0.15, 0.2) is 0 Å². The molecule has 0 radical (unpaired) electrons. The van der Waals surface area contributed by atoms with Gasteiger partial charge in [0.2, 0.25) is 0 Å². The molecule has 2 aromatic rings. The second-order valence-corrected chi connectivity index (χ2v) is 4.32. The summed E-state index contributed by atoms with van der Waals surface area (Å²) < 4.78 is 15.6. The van der Waals surface area contributed by atoms with Crippen LogP contribution in [-0.4, -0.2) is 22.0 Å². The Morgan fingerprint density at radius 3 is 2.94 bits per heavy atom. The second kappa shape index (κ2) is 3.67. The van der Waals surface area contributed by atoms with Crippen molar-refractivity contribution in [3.8, 4) is 0 Å². The van der Waals surface area contributed by atoms with Crippen LogP contribution >= 0.6 is 11.6 Å². The van der Waals surface area contributed by atoms with Crippen LogP contribution in [0.2, 0.25) is 5.02 Å². The van der Waals surface area contributed by atoms with Gasteiger partial charge in [-0.3, -0.25) is 9.67 Å². The molecule has 1 aliphatic heterocycles. The summed E-state index contributed by atoms with van der Waals surface area (Å²) in [5.74, 6) is -0.362. The highest BCUT2D eigenvalue weighted by Gasteiger charge is 2.18. The van der Waals surface area contributed by atoms with Gasteiger partial charge in [0.25, 0.3) is 0 Å². The monoisotopic (exact) mass is 249 g/mol. The van der Waals surface area contributed by atoms with Gasteiger partial charge in [-0.1, -0.05) is 17.7 Å². The number of benzene rings is 1. The number of nitrogens with zero attached hydrogens (tertiary/aromatic N) is 3. The van der Waals surface area contributed by atoms with Gasteiger partial charge in [-0.05, 0) is 18.2 Å². The summed E-state index contributed by atoms with van der Waals surface area (Å²) in [6, 6.07) is 3.00. The summed E-state index contributed by atoms with van der Waals surface area (Å²) in [6.45, 7) is 0.628. The van der Waals surface area contributed by atoms with Gasteiger partial charge in [0.1, 0.15) is 11.5 Å². The maximum Gasteiger partial charge on any atom is 0.136 e. The van der Waals surface area contributed by atoms with Crippen molar-refractivity contribution in [3.05, 3.63) is 40.8 Å². The molecule has 86 valence electrons. The summed E-state index contributed by atoms with van der Waals surface area (Å²) in [5, 5.41) is 5.15. The summed E-state index contributed by atoms with van der Waals surface area (Å²) in [5.41, 5.74) is 1.97. The van der Waals surface area contributed by atoms with E-state index in [9.17, 15) is 4.39 Å². The molecule has 0 amide bonds. The Morgan fingerprint density at radius 1 is 1.41 bits per heavy atom. The Balaban J connectivity index is 2.37. The molecule has 3 nitrogen and oxygen atoms in total. The fourth-order valence-corrected chi connectivity index (χ4v) is 2.20. The highest BCUT2D eigenvalue weighted by Crippen LogP contribution is 2.26. The van der Waals surface area contributed by atoms with Crippen LogP contribution in [0.5, 0.6) is 0 Å². The quantitative estimate of drug-likeness (QED) is 0.764. The van der Waals surface area contributed by atoms with E-state index >= 15 is 0 Å². The number of rotatable bonds is 1. The number of hydrogen-bond acceptors (Lipinski definition) is 2. The van der Waals surface area contributed by atoms with E-state index in [0.717, 1.165) is 5.71 Å². The van der Waals surface area contributed by atoms with Gasteiger partial charge >= 0.3 is 0 Å². The molecule has 0 aliphatic carbocycles. The Hall–Kier alpha value is -1.68. The van der Waals surface area contributed by atoms with Gasteiger partial charge in [0, 0.05) is 12.1 Å². The average Bonchev–Trinajstić information content (AvgIpc) is 2.86. The second-order valence-electron chi connectivity index (χ2n) is 3.88. The predicted octanol–water partition coefficient (Wildman–Crippen LogP) is 2.72. The van der Waals surface area contributed by atoms with Crippen LogP contribution in [0.1, 0.15) is 5.69 Å². The van der Waals surface area contributed by atoms with Crippen LogP contribution in [-0.2, 0) is 7.05 Å². The van der Waals surface area contributed by atoms with Crippen molar-refractivity contribution < 1.29 is 4.39 Å². The molecule has 0 fully saturated rings. The van der Waals surface area contributed by atoms with Crippen LogP contribution in [0.4, 0.5) is 4.39 Å². The zero-order valence-corrected chi connectivity index (χ0v) is 9.87. The molecule has 0 spiro atoms. The molecule has 2 heterocycles. The largest absolute Gasteiger partial charge is 0.279 e. The molecule has 3 rings (SSSR count). The van der Waals surface area contributed by atoms with E-state index in [0.29, 0.717) is 28.2 Å². The highest BCUT2D eigenvalue weighted by atomic mass is 35.5. The van der Waals surface area contributed by atoms with E-state index in [2.05, 4.69) is 10.1 Å². The number of hydrogen-bond donors (Lipinski definition) is 0. The average molecular weight is 250 g/mol. The number of halogens is 2. The molecule has 0 atom stereocenters. The summed E-state index contributed by atoms with van der Waals surface area (Å²) >= 11 is 5.84. The molecule has 1 aliphatic rings. The van der Waals surface area contributed by atoms with Crippen molar-refractivity contribution in [3.63, 3.8) is 0 Å². The molecule has 0 saturated carbocycles. The Bertz CT molecular complexity index is 670. The molecule has 0 unspecified atom stereocenters. The van der Waals surface area contributed by atoms with Crippen molar-refractivity contribution in [2.45, 2.75) is 0 Å². The zero-order chi connectivity index (χ0) is 12.0. The SMILES string of the molecule is Cn1nc(C2=NCC=C2)c2c(F)cc(Cl)cc21. The molecule has 5 heteroatoms. The normalized spacial score (nSPS) is 14.6. The molecule has 0 bridgehead atoms. The first kappa shape index (κ1) is 10.5. The van der Waals surface area contributed by atoms with Crippen LogP contribution in [0.25, 0.3) is 10.9 Å². The van der Waals surface area contributed by atoms with Crippen molar-refractivity contribution in [1.29, 1.82) is 0 Å². The summed E-state index contributed by atoms with van der Waals surface area (Å²) in [6.07, 6.45) is 3.78.